The highest BCUT2D eigenvalue weighted by Gasteiger charge is 2.21. The summed E-state index contributed by atoms with van der Waals surface area (Å²) in [5, 5.41) is 0. The molecule has 1 saturated carbocycles. The zero-order valence-corrected chi connectivity index (χ0v) is 10.3. The Balaban J connectivity index is 2.11. The molecule has 1 fully saturated rings. The maximum atomic E-state index is 5.55. The standard InChI is InChI=1S/C8H15IO2S/c1-2-10-7-3-5-8(6-4-7)11-12-9/h7-8H,2-6H2,1H3. The van der Waals surface area contributed by atoms with Crippen LogP contribution in [0.3, 0.4) is 0 Å². The molecule has 1 rings (SSSR count). The summed E-state index contributed by atoms with van der Waals surface area (Å²) < 4.78 is 11.0. The molecule has 0 bridgehead atoms. The summed E-state index contributed by atoms with van der Waals surface area (Å²) in [7, 11) is 1.45. The van der Waals surface area contributed by atoms with Crippen molar-refractivity contribution in [2.24, 2.45) is 0 Å². The van der Waals surface area contributed by atoms with Crippen LogP contribution in [0.5, 0.6) is 0 Å². The molecule has 0 aromatic heterocycles. The van der Waals surface area contributed by atoms with Crippen molar-refractivity contribution in [2.75, 3.05) is 6.61 Å². The van der Waals surface area contributed by atoms with Gasteiger partial charge in [-0.25, -0.2) is 0 Å². The molecule has 0 amide bonds. The van der Waals surface area contributed by atoms with Crippen LogP contribution in [0.25, 0.3) is 0 Å². The molecule has 4 heteroatoms. The maximum absolute atomic E-state index is 5.55. The van der Waals surface area contributed by atoms with Crippen molar-refractivity contribution in [3.8, 4) is 0 Å². The monoisotopic (exact) mass is 302 g/mol. The minimum absolute atomic E-state index is 0.462. The highest BCUT2D eigenvalue weighted by molar-refractivity contribution is 14.2. The topological polar surface area (TPSA) is 18.5 Å². The van der Waals surface area contributed by atoms with Crippen molar-refractivity contribution in [1.82, 2.24) is 0 Å². The van der Waals surface area contributed by atoms with Gasteiger partial charge in [0.2, 0.25) is 0 Å². The Morgan fingerprint density at radius 2 is 1.83 bits per heavy atom. The molecular weight excluding hydrogens is 287 g/mol. The van der Waals surface area contributed by atoms with Crippen molar-refractivity contribution < 1.29 is 8.92 Å². The molecule has 1 aliphatic rings. The first-order valence-electron chi connectivity index (χ1n) is 4.42. The fourth-order valence-electron chi connectivity index (χ4n) is 1.58. The van der Waals surface area contributed by atoms with E-state index in [1.165, 1.54) is 9.21 Å². The number of halogens is 1. The van der Waals surface area contributed by atoms with Gasteiger partial charge in [-0.05, 0) is 32.6 Å². The van der Waals surface area contributed by atoms with E-state index in [-0.39, 0.29) is 0 Å². The summed E-state index contributed by atoms with van der Waals surface area (Å²) in [4.78, 5) is 0. The average Bonchev–Trinajstić information content (AvgIpc) is 2.09. The SMILES string of the molecule is CCOC1CCC(OSI)CC1. The first-order chi connectivity index (χ1) is 5.86. The fraction of sp³-hybridized carbons (Fsp3) is 1.00. The lowest BCUT2D eigenvalue weighted by Gasteiger charge is -2.26. The average molecular weight is 302 g/mol. The van der Waals surface area contributed by atoms with Crippen LogP contribution >= 0.6 is 30.4 Å². The van der Waals surface area contributed by atoms with Gasteiger partial charge in [-0.15, -0.1) is 0 Å². The predicted octanol–water partition coefficient (Wildman–Crippen LogP) is 3.35. The Morgan fingerprint density at radius 1 is 1.25 bits per heavy atom. The van der Waals surface area contributed by atoms with Crippen LogP contribution in [-0.4, -0.2) is 18.8 Å². The highest BCUT2D eigenvalue weighted by atomic mass is 127. The van der Waals surface area contributed by atoms with Crippen LogP contribution in [0.4, 0.5) is 0 Å². The first kappa shape index (κ1) is 11.1. The van der Waals surface area contributed by atoms with E-state index in [0.717, 1.165) is 32.3 Å². The molecule has 1 aliphatic carbocycles. The first-order valence-corrected chi connectivity index (χ1v) is 7.71. The van der Waals surface area contributed by atoms with E-state index in [0.29, 0.717) is 12.2 Å². The van der Waals surface area contributed by atoms with Crippen molar-refractivity contribution in [3.63, 3.8) is 0 Å². The van der Waals surface area contributed by atoms with Crippen molar-refractivity contribution in [3.05, 3.63) is 0 Å². The summed E-state index contributed by atoms with van der Waals surface area (Å²) >= 11 is 2.17. The zero-order valence-electron chi connectivity index (χ0n) is 7.29. The third kappa shape index (κ3) is 3.81. The van der Waals surface area contributed by atoms with Gasteiger partial charge in [0.15, 0.2) is 0 Å². The summed E-state index contributed by atoms with van der Waals surface area (Å²) in [6.45, 7) is 2.90. The minimum atomic E-state index is 0.462. The largest absolute Gasteiger partial charge is 0.379 e. The number of ether oxygens (including phenoxy) is 1. The van der Waals surface area contributed by atoms with Gasteiger partial charge >= 0.3 is 0 Å². The van der Waals surface area contributed by atoms with Gasteiger partial charge in [-0.2, -0.15) is 0 Å². The van der Waals surface area contributed by atoms with E-state index < -0.39 is 0 Å². The van der Waals surface area contributed by atoms with Crippen LogP contribution in [-0.2, 0) is 8.92 Å². The third-order valence-corrected chi connectivity index (χ3v) is 3.16. The molecule has 0 aliphatic heterocycles. The molecule has 0 aromatic rings. The summed E-state index contributed by atoms with van der Waals surface area (Å²) in [5.74, 6) is 0. The van der Waals surface area contributed by atoms with Crippen molar-refractivity contribution in [2.45, 2.75) is 44.8 Å². The number of hydrogen-bond acceptors (Lipinski definition) is 3. The van der Waals surface area contributed by atoms with Crippen LogP contribution in [0.15, 0.2) is 0 Å². The second-order valence-corrected chi connectivity index (χ2v) is 4.41. The van der Waals surface area contributed by atoms with Gasteiger partial charge in [0.05, 0.1) is 21.4 Å². The number of hydrogen-bond donors (Lipinski definition) is 0. The Morgan fingerprint density at radius 3 is 2.33 bits per heavy atom. The second kappa shape index (κ2) is 6.45. The van der Waals surface area contributed by atoms with E-state index in [1.54, 1.807) is 0 Å². The van der Waals surface area contributed by atoms with Crippen LogP contribution < -0.4 is 0 Å². The molecule has 0 N–H and O–H groups in total. The summed E-state index contributed by atoms with van der Waals surface area (Å²) in [6, 6.07) is 0. The highest BCUT2D eigenvalue weighted by Crippen LogP contribution is 2.28. The van der Waals surface area contributed by atoms with Gasteiger partial charge in [-0.1, -0.05) is 0 Å². The Labute approximate surface area is 90.6 Å². The minimum Gasteiger partial charge on any atom is -0.379 e. The van der Waals surface area contributed by atoms with Crippen molar-refractivity contribution in [1.29, 1.82) is 0 Å². The van der Waals surface area contributed by atoms with Gasteiger partial charge in [-0.3, -0.25) is 0 Å². The molecule has 12 heavy (non-hydrogen) atoms. The van der Waals surface area contributed by atoms with E-state index >= 15 is 0 Å². The van der Waals surface area contributed by atoms with E-state index in [2.05, 4.69) is 28.1 Å². The third-order valence-electron chi connectivity index (χ3n) is 2.20. The second-order valence-electron chi connectivity index (χ2n) is 3.01. The molecule has 2 nitrogen and oxygen atoms in total. The summed E-state index contributed by atoms with van der Waals surface area (Å²) in [5.41, 5.74) is 0. The fourth-order valence-corrected chi connectivity index (χ4v) is 2.76. The van der Waals surface area contributed by atoms with Gasteiger partial charge in [0.1, 0.15) is 0 Å². The molecule has 0 spiro atoms. The molecule has 0 atom stereocenters. The lowest BCUT2D eigenvalue weighted by molar-refractivity contribution is 0.0131. The molecule has 0 radical (unpaired) electrons. The van der Waals surface area contributed by atoms with Gasteiger partial charge in [0, 0.05) is 27.8 Å². The smallest absolute Gasteiger partial charge is 0.0733 e. The van der Waals surface area contributed by atoms with Crippen molar-refractivity contribution >= 4 is 30.4 Å². The molecule has 0 aromatic carbocycles. The molecule has 0 unspecified atom stereocenters. The predicted molar refractivity (Wildman–Crippen MR) is 60.4 cm³/mol. The Hall–Kier alpha value is 1.00. The van der Waals surface area contributed by atoms with E-state index in [1.807, 2.05) is 0 Å². The summed E-state index contributed by atoms with van der Waals surface area (Å²) in [6.07, 6.45) is 5.59. The van der Waals surface area contributed by atoms with E-state index in [4.69, 9.17) is 8.92 Å². The zero-order chi connectivity index (χ0) is 8.81. The van der Waals surface area contributed by atoms with Crippen LogP contribution in [0.1, 0.15) is 32.6 Å². The van der Waals surface area contributed by atoms with E-state index in [9.17, 15) is 0 Å². The molecule has 0 heterocycles. The lowest BCUT2D eigenvalue weighted by Crippen LogP contribution is -2.24. The normalized spacial score (nSPS) is 30.5. The Kier molecular flexibility index (Phi) is 5.96. The number of rotatable bonds is 4. The van der Waals surface area contributed by atoms with Gasteiger partial charge < -0.3 is 8.92 Å². The Bertz CT molecular complexity index is 102. The maximum Gasteiger partial charge on any atom is 0.0733 e. The molecule has 72 valence electrons. The lowest BCUT2D eigenvalue weighted by atomic mass is 9.95. The van der Waals surface area contributed by atoms with Crippen LogP contribution in [0.2, 0.25) is 0 Å². The quantitative estimate of drug-likeness (QED) is 0.586. The van der Waals surface area contributed by atoms with Gasteiger partial charge in [0.25, 0.3) is 0 Å². The van der Waals surface area contributed by atoms with Crippen LogP contribution in [0, 0.1) is 0 Å². The molecular formula is C8H15IO2S. The molecule has 0 saturated heterocycles.